The minimum absolute atomic E-state index is 0.0346. The molecule has 1 aromatic heterocycles. The lowest BCUT2D eigenvalue weighted by atomic mass is 10.2. The quantitative estimate of drug-likeness (QED) is 0.643. The number of thioether (sulfide) groups is 1. The van der Waals surface area contributed by atoms with Gasteiger partial charge in [0.15, 0.2) is 5.16 Å². The predicted octanol–water partition coefficient (Wildman–Crippen LogP) is 3.15. The highest BCUT2D eigenvalue weighted by Crippen LogP contribution is 2.27. The molecule has 0 amide bonds. The Hall–Kier alpha value is -0.950. The van der Waals surface area contributed by atoms with Crippen molar-refractivity contribution in [2.75, 3.05) is 0 Å². The lowest BCUT2D eigenvalue weighted by Crippen LogP contribution is -1.97. The Balaban J connectivity index is 2.20. The fourth-order valence-corrected chi connectivity index (χ4v) is 2.52. The van der Waals surface area contributed by atoms with Crippen molar-refractivity contribution in [3.05, 3.63) is 40.1 Å². The maximum atomic E-state index is 13.6. The van der Waals surface area contributed by atoms with E-state index in [1.165, 1.54) is 30.2 Å². The molecule has 0 N–H and O–H groups in total. The van der Waals surface area contributed by atoms with E-state index in [1.807, 2.05) is 0 Å². The Labute approximate surface area is 109 Å². The minimum Gasteiger partial charge on any atom is -0.244 e. The van der Waals surface area contributed by atoms with Crippen LogP contribution in [0.2, 0.25) is 0 Å². The average Bonchev–Trinajstić information content (AvgIpc) is 2.70. The minimum atomic E-state index is -0.570. The molecule has 1 aromatic carbocycles. The molecule has 0 unspecified atom stereocenters. The van der Waals surface area contributed by atoms with E-state index in [-0.39, 0.29) is 15.8 Å². The van der Waals surface area contributed by atoms with Crippen LogP contribution in [0.15, 0.2) is 28.1 Å². The predicted molar refractivity (Wildman–Crippen MR) is 64.6 cm³/mol. The summed E-state index contributed by atoms with van der Waals surface area (Å²) in [6.07, 6.45) is 1.40. The number of hydrogen-bond donors (Lipinski definition) is 0. The van der Waals surface area contributed by atoms with Crippen LogP contribution in [-0.2, 0) is 12.8 Å². The number of benzene rings is 1. The maximum Gasteiger partial charge on any atom is 0.186 e. The van der Waals surface area contributed by atoms with Crippen LogP contribution in [0.3, 0.4) is 0 Å². The molecule has 0 spiro atoms. The lowest BCUT2D eigenvalue weighted by Gasteiger charge is -2.05. The first-order valence-corrected chi connectivity index (χ1v) is 6.46. The van der Waals surface area contributed by atoms with Gasteiger partial charge in [0, 0.05) is 18.4 Å². The second kappa shape index (κ2) is 5.14. The Morgan fingerprint density at radius 1 is 1.41 bits per heavy atom. The molecule has 0 bridgehead atoms. The molecule has 0 fully saturated rings. The van der Waals surface area contributed by atoms with Crippen molar-refractivity contribution in [3.8, 4) is 0 Å². The summed E-state index contributed by atoms with van der Waals surface area (Å²) < 4.78 is 28.9. The van der Waals surface area contributed by atoms with Crippen molar-refractivity contribution < 1.29 is 8.78 Å². The van der Waals surface area contributed by atoms with E-state index in [4.69, 9.17) is 0 Å². The van der Waals surface area contributed by atoms with Gasteiger partial charge in [0.25, 0.3) is 0 Å². The maximum absolute atomic E-state index is 13.6. The van der Waals surface area contributed by atoms with Crippen LogP contribution in [0.4, 0.5) is 8.78 Å². The number of aryl methyl sites for hydroxylation is 1. The van der Waals surface area contributed by atoms with Gasteiger partial charge < -0.3 is 0 Å². The van der Waals surface area contributed by atoms with Crippen molar-refractivity contribution in [3.63, 3.8) is 0 Å². The van der Waals surface area contributed by atoms with Crippen LogP contribution in [0.1, 0.15) is 5.56 Å². The van der Waals surface area contributed by atoms with Crippen LogP contribution in [-0.4, -0.2) is 14.8 Å². The summed E-state index contributed by atoms with van der Waals surface area (Å²) in [5, 5.41) is 4.49. The molecule has 1 heterocycles. The van der Waals surface area contributed by atoms with E-state index < -0.39 is 11.6 Å². The zero-order chi connectivity index (χ0) is 12.4. The van der Waals surface area contributed by atoms with Crippen LogP contribution in [0, 0.1) is 11.6 Å². The van der Waals surface area contributed by atoms with Gasteiger partial charge in [0.1, 0.15) is 18.0 Å². The third-order valence-electron chi connectivity index (χ3n) is 2.15. The summed E-state index contributed by atoms with van der Waals surface area (Å²) in [5.74, 6) is -0.955. The fraction of sp³-hybridized carbons (Fsp3) is 0.200. The number of hydrogen-bond acceptors (Lipinski definition) is 3. The monoisotopic (exact) mass is 319 g/mol. The zero-order valence-corrected chi connectivity index (χ0v) is 11.2. The van der Waals surface area contributed by atoms with Crippen LogP contribution in [0.25, 0.3) is 0 Å². The second-order valence-corrected chi connectivity index (χ2v) is 5.07. The second-order valence-electron chi connectivity index (χ2n) is 3.28. The number of rotatable bonds is 3. The largest absolute Gasteiger partial charge is 0.244 e. The highest BCUT2D eigenvalue weighted by Gasteiger charge is 2.13. The Bertz CT molecular complexity index is 544. The van der Waals surface area contributed by atoms with Gasteiger partial charge in [-0.05, 0) is 28.1 Å². The molecular formula is C10H8BrF2N3S. The summed E-state index contributed by atoms with van der Waals surface area (Å²) in [6, 6.07) is 2.58. The van der Waals surface area contributed by atoms with Gasteiger partial charge in [-0.25, -0.2) is 18.4 Å². The van der Waals surface area contributed by atoms with Crippen molar-refractivity contribution in [2.24, 2.45) is 7.05 Å². The standard InChI is InChI=1S/C10H8BrF2N3S/c1-16-10(14-5-15-16)17-4-6-8(12)3-2-7(11)9(6)13/h2-3,5H,4H2,1H3. The number of aromatic nitrogens is 3. The molecule has 0 saturated heterocycles. The summed E-state index contributed by atoms with van der Waals surface area (Å²) in [6.45, 7) is 0. The van der Waals surface area contributed by atoms with Crippen LogP contribution in [0.5, 0.6) is 0 Å². The van der Waals surface area contributed by atoms with Gasteiger partial charge in [-0.15, -0.1) is 0 Å². The Morgan fingerprint density at radius 3 is 2.82 bits per heavy atom. The summed E-state index contributed by atoms with van der Waals surface area (Å²) in [7, 11) is 1.73. The smallest absolute Gasteiger partial charge is 0.186 e. The van der Waals surface area contributed by atoms with Crippen LogP contribution < -0.4 is 0 Å². The van der Waals surface area contributed by atoms with E-state index in [0.29, 0.717) is 5.16 Å². The first-order chi connectivity index (χ1) is 8.09. The van der Waals surface area contributed by atoms with Crippen LogP contribution >= 0.6 is 27.7 Å². The zero-order valence-electron chi connectivity index (χ0n) is 8.82. The van der Waals surface area contributed by atoms with E-state index in [9.17, 15) is 8.78 Å². The van der Waals surface area contributed by atoms with Crippen molar-refractivity contribution in [2.45, 2.75) is 10.9 Å². The molecule has 0 aliphatic carbocycles. The summed E-state index contributed by atoms with van der Waals surface area (Å²) in [4.78, 5) is 3.97. The fourth-order valence-electron chi connectivity index (χ4n) is 1.25. The number of halogens is 3. The molecule has 2 aromatic rings. The third-order valence-corrected chi connectivity index (χ3v) is 3.83. The van der Waals surface area contributed by atoms with E-state index in [0.717, 1.165) is 0 Å². The normalized spacial score (nSPS) is 10.8. The van der Waals surface area contributed by atoms with Crippen molar-refractivity contribution in [1.82, 2.24) is 14.8 Å². The van der Waals surface area contributed by atoms with Gasteiger partial charge >= 0.3 is 0 Å². The highest BCUT2D eigenvalue weighted by atomic mass is 79.9. The SMILES string of the molecule is Cn1ncnc1SCc1c(F)ccc(Br)c1F. The van der Waals surface area contributed by atoms with Gasteiger partial charge in [-0.2, -0.15) is 5.10 Å². The highest BCUT2D eigenvalue weighted by molar-refractivity contribution is 9.10. The molecule has 90 valence electrons. The van der Waals surface area contributed by atoms with Crippen molar-refractivity contribution in [1.29, 1.82) is 0 Å². The van der Waals surface area contributed by atoms with Gasteiger partial charge in [-0.3, -0.25) is 0 Å². The summed E-state index contributed by atoms with van der Waals surface area (Å²) >= 11 is 4.26. The molecule has 7 heteroatoms. The summed E-state index contributed by atoms with van der Waals surface area (Å²) in [5.41, 5.74) is 0.0346. The first kappa shape index (κ1) is 12.5. The van der Waals surface area contributed by atoms with Gasteiger partial charge in [-0.1, -0.05) is 11.8 Å². The van der Waals surface area contributed by atoms with Crippen molar-refractivity contribution >= 4 is 27.7 Å². The third kappa shape index (κ3) is 2.66. The topological polar surface area (TPSA) is 30.7 Å². The molecule has 0 atom stereocenters. The molecule has 17 heavy (non-hydrogen) atoms. The molecule has 0 saturated carbocycles. The molecular weight excluding hydrogens is 312 g/mol. The lowest BCUT2D eigenvalue weighted by molar-refractivity contribution is 0.561. The van der Waals surface area contributed by atoms with E-state index in [2.05, 4.69) is 26.0 Å². The van der Waals surface area contributed by atoms with E-state index >= 15 is 0 Å². The molecule has 2 rings (SSSR count). The van der Waals surface area contributed by atoms with E-state index in [1.54, 1.807) is 11.7 Å². The molecule has 0 aliphatic rings. The van der Waals surface area contributed by atoms with Gasteiger partial charge in [0.2, 0.25) is 0 Å². The first-order valence-electron chi connectivity index (χ1n) is 4.68. The average molecular weight is 320 g/mol. The Morgan fingerprint density at radius 2 is 2.18 bits per heavy atom. The molecule has 0 radical (unpaired) electrons. The van der Waals surface area contributed by atoms with Gasteiger partial charge in [0.05, 0.1) is 4.47 Å². The molecule has 0 aliphatic heterocycles. The molecule has 3 nitrogen and oxygen atoms in total. The Kier molecular flexibility index (Phi) is 3.78. The number of nitrogens with zero attached hydrogens (tertiary/aromatic N) is 3.